The van der Waals surface area contributed by atoms with Gasteiger partial charge >= 0.3 is 0 Å². The zero-order valence-electron chi connectivity index (χ0n) is 14.9. The van der Waals surface area contributed by atoms with Gasteiger partial charge in [-0.2, -0.15) is 5.10 Å². The van der Waals surface area contributed by atoms with Crippen LogP contribution in [0.15, 0.2) is 24.4 Å². The Morgan fingerprint density at radius 3 is 2.85 bits per heavy atom. The van der Waals surface area contributed by atoms with Crippen molar-refractivity contribution in [3.8, 4) is 0 Å². The summed E-state index contributed by atoms with van der Waals surface area (Å²) in [6, 6.07) is 3.23. The third-order valence-electron chi connectivity index (χ3n) is 5.60. The summed E-state index contributed by atoms with van der Waals surface area (Å²) in [7, 11) is 0. The minimum Gasteiger partial charge on any atom is -0.370 e. The van der Waals surface area contributed by atoms with Crippen molar-refractivity contribution in [2.75, 3.05) is 6.61 Å². The van der Waals surface area contributed by atoms with Crippen LogP contribution < -0.4 is 5.73 Å². The summed E-state index contributed by atoms with van der Waals surface area (Å²) in [4.78, 5) is 2.36. The van der Waals surface area contributed by atoms with Crippen molar-refractivity contribution in [2.24, 2.45) is 5.73 Å². The summed E-state index contributed by atoms with van der Waals surface area (Å²) >= 11 is 1.82. The van der Waals surface area contributed by atoms with E-state index in [0.717, 1.165) is 25.2 Å². The molecular formula is C19H22F2N4OS. The Morgan fingerprint density at radius 1 is 1.22 bits per heavy atom. The standard InChI is InChI=1S/C19H22F2N4OS/c20-12-1-4-16(21)15(5-12)19-17(22)6-13(10-26-19)24-8-11-7-23-25(18(11)9-24)27-14-2-3-14/h1,4-5,7,13-14,17,19H,2-3,6,8-10,22H2/t13?,17-,19?/m0/s1. The zero-order chi connectivity index (χ0) is 18.5. The summed E-state index contributed by atoms with van der Waals surface area (Å²) in [5.74, 6) is -0.946. The first-order chi connectivity index (χ1) is 13.1. The predicted molar refractivity (Wildman–Crippen MR) is 98.9 cm³/mol. The average Bonchev–Trinajstić information content (AvgIpc) is 3.24. The Morgan fingerprint density at radius 2 is 2.07 bits per heavy atom. The molecular weight excluding hydrogens is 370 g/mol. The van der Waals surface area contributed by atoms with Crippen LogP contribution in [0, 0.1) is 11.6 Å². The fourth-order valence-electron chi connectivity index (χ4n) is 3.97. The topological polar surface area (TPSA) is 56.3 Å². The van der Waals surface area contributed by atoms with E-state index in [-0.39, 0.29) is 17.6 Å². The first kappa shape index (κ1) is 17.6. The van der Waals surface area contributed by atoms with E-state index >= 15 is 0 Å². The lowest BCUT2D eigenvalue weighted by Gasteiger charge is -2.38. The van der Waals surface area contributed by atoms with Gasteiger partial charge in [0.15, 0.2) is 0 Å². The molecule has 1 aliphatic carbocycles. The monoisotopic (exact) mass is 392 g/mol. The molecule has 1 saturated carbocycles. The summed E-state index contributed by atoms with van der Waals surface area (Å²) < 4.78 is 35.6. The van der Waals surface area contributed by atoms with Crippen LogP contribution in [0.25, 0.3) is 0 Å². The van der Waals surface area contributed by atoms with Gasteiger partial charge in [-0.25, -0.2) is 12.9 Å². The zero-order valence-corrected chi connectivity index (χ0v) is 15.7. The van der Waals surface area contributed by atoms with Crippen LogP contribution >= 0.6 is 11.9 Å². The summed E-state index contributed by atoms with van der Waals surface area (Å²) in [5.41, 5.74) is 9.04. The molecule has 3 heterocycles. The fraction of sp³-hybridized carbons (Fsp3) is 0.526. The lowest BCUT2D eigenvalue weighted by atomic mass is 9.93. The molecule has 2 aromatic rings. The molecule has 0 spiro atoms. The van der Waals surface area contributed by atoms with Gasteiger partial charge in [0, 0.05) is 41.6 Å². The van der Waals surface area contributed by atoms with E-state index in [0.29, 0.717) is 18.3 Å². The molecule has 1 aromatic heterocycles. The molecule has 27 heavy (non-hydrogen) atoms. The number of nitrogens with two attached hydrogens (primary N) is 1. The summed E-state index contributed by atoms with van der Waals surface area (Å²) in [6.07, 6.45) is 4.58. The van der Waals surface area contributed by atoms with Gasteiger partial charge in [0.2, 0.25) is 0 Å². The van der Waals surface area contributed by atoms with Gasteiger partial charge in [-0.3, -0.25) is 4.90 Å². The number of halogens is 2. The van der Waals surface area contributed by atoms with Crippen LogP contribution in [-0.2, 0) is 17.8 Å². The average molecular weight is 392 g/mol. The Kier molecular flexibility index (Phi) is 4.46. The SMILES string of the molecule is N[C@H]1CC(N2Cc3cnn(SC4CC4)c3C2)COC1c1cc(F)ccc1F. The molecule has 0 bridgehead atoms. The highest BCUT2D eigenvalue weighted by atomic mass is 32.2. The van der Waals surface area contributed by atoms with Crippen molar-refractivity contribution < 1.29 is 13.5 Å². The van der Waals surface area contributed by atoms with Crippen LogP contribution in [0.5, 0.6) is 0 Å². The van der Waals surface area contributed by atoms with Crippen molar-refractivity contribution >= 4 is 11.9 Å². The minimum absolute atomic E-state index is 0.166. The molecule has 3 aliphatic rings. The van der Waals surface area contributed by atoms with Gasteiger partial charge in [-0.1, -0.05) is 0 Å². The Hall–Kier alpha value is -1.48. The van der Waals surface area contributed by atoms with Gasteiger partial charge in [0.05, 0.1) is 18.5 Å². The minimum atomic E-state index is -0.608. The number of hydrogen-bond donors (Lipinski definition) is 1. The lowest BCUT2D eigenvalue weighted by molar-refractivity contribution is -0.0533. The van der Waals surface area contributed by atoms with Crippen LogP contribution in [-0.4, -0.2) is 38.0 Å². The second kappa shape index (κ2) is 6.84. The Balaban J connectivity index is 1.26. The van der Waals surface area contributed by atoms with Crippen LogP contribution in [0.1, 0.15) is 42.2 Å². The van der Waals surface area contributed by atoms with Crippen LogP contribution in [0.4, 0.5) is 8.78 Å². The number of aromatic nitrogens is 2. The van der Waals surface area contributed by atoms with E-state index in [1.165, 1.54) is 30.2 Å². The normalized spacial score (nSPS) is 28.5. The molecule has 1 aromatic carbocycles. The van der Waals surface area contributed by atoms with Gasteiger partial charge in [-0.15, -0.1) is 0 Å². The number of nitrogens with zero attached hydrogens (tertiary/aromatic N) is 3. The second-order valence-corrected chi connectivity index (χ2v) is 8.90. The molecule has 144 valence electrons. The van der Waals surface area contributed by atoms with Crippen LogP contribution in [0.3, 0.4) is 0 Å². The molecule has 0 amide bonds. The van der Waals surface area contributed by atoms with E-state index in [4.69, 9.17) is 10.5 Å². The first-order valence-electron chi connectivity index (χ1n) is 9.37. The molecule has 0 radical (unpaired) electrons. The number of ether oxygens (including phenoxy) is 1. The Labute approximate surface area is 161 Å². The third-order valence-corrected chi connectivity index (χ3v) is 6.89. The van der Waals surface area contributed by atoms with Gasteiger partial charge in [0.25, 0.3) is 0 Å². The highest BCUT2D eigenvalue weighted by Crippen LogP contribution is 2.38. The summed E-state index contributed by atoms with van der Waals surface area (Å²) in [6.45, 7) is 2.12. The van der Waals surface area contributed by atoms with E-state index in [9.17, 15) is 8.78 Å². The molecule has 5 rings (SSSR count). The molecule has 2 aliphatic heterocycles. The molecule has 2 fully saturated rings. The maximum Gasteiger partial charge on any atom is 0.129 e. The van der Waals surface area contributed by atoms with Crippen molar-refractivity contribution in [1.29, 1.82) is 0 Å². The number of fused-ring (bicyclic) bond motifs is 1. The molecule has 2 N–H and O–H groups in total. The van der Waals surface area contributed by atoms with Gasteiger partial charge in [-0.05, 0) is 49.4 Å². The number of rotatable bonds is 4. The van der Waals surface area contributed by atoms with Crippen molar-refractivity contribution in [3.05, 3.63) is 52.9 Å². The maximum atomic E-state index is 14.1. The highest BCUT2D eigenvalue weighted by molar-refractivity contribution is 7.98. The van der Waals surface area contributed by atoms with E-state index < -0.39 is 17.7 Å². The lowest BCUT2D eigenvalue weighted by Crippen LogP contribution is -2.47. The predicted octanol–water partition coefficient (Wildman–Crippen LogP) is 2.99. The quantitative estimate of drug-likeness (QED) is 0.867. The van der Waals surface area contributed by atoms with Crippen LogP contribution in [0.2, 0.25) is 0 Å². The smallest absolute Gasteiger partial charge is 0.129 e. The largest absolute Gasteiger partial charge is 0.370 e. The fourth-order valence-corrected chi connectivity index (χ4v) is 5.00. The van der Waals surface area contributed by atoms with E-state index in [1.54, 1.807) is 0 Å². The second-order valence-electron chi connectivity index (χ2n) is 7.67. The first-order valence-corrected chi connectivity index (χ1v) is 10.2. The molecule has 8 heteroatoms. The Bertz CT molecular complexity index is 856. The van der Waals surface area contributed by atoms with Gasteiger partial charge < -0.3 is 10.5 Å². The molecule has 5 nitrogen and oxygen atoms in total. The van der Waals surface area contributed by atoms with E-state index in [1.807, 2.05) is 18.1 Å². The van der Waals surface area contributed by atoms with Crippen molar-refractivity contribution in [3.63, 3.8) is 0 Å². The molecule has 2 unspecified atom stereocenters. The van der Waals surface area contributed by atoms with Crippen molar-refractivity contribution in [1.82, 2.24) is 14.1 Å². The number of hydrogen-bond acceptors (Lipinski definition) is 5. The number of benzene rings is 1. The third kappa shape index (κ3) is 3.40. The molecule has 1 saturated heterocycles. The summed E-state index contributed by atoms with van der Waals surface area (Å²) in [5, 5.41) is 5.21. The van der Waals surface area contributed by atoms with Gasteiger partial charge in [0.1, 0.15) is 17.7 Å². The van der Waals surface area contributed by atoms with Crippen molar-refractivity contribution in [2.45, 2.75) is 55.8 Å². The highest BCUT2D eigenvalue weighted by Gasteiger charge is 2.38. The molecule has 3 atom stereocenters. The maximum absolute atomic E-state index is 14.1. The van der Waals surface area contributed by atoms with E-state index in [2.05, 4.69) is 14.1 Å².